The summed E-state index contributed by atoms with van der Waals surface area (Å²) in [6, 6.07) is -0.761. The number of carbonyl (C=O) groups is 1. The maximum atomic E-state index is 12.9. The van der Waals surface area contributed by atoms with Gasteiger partial charge >= 0.3 is 0 Å². The van der Waals surface area contributed by atoms with Crippen LogP contribution >= 0.6 is 0 Å². The molecule has 304 valence electrons. The number of allylic oxidation sites excluding steroid dienone is 12. The predicted octanol–water partition coefficient (Wildman–Crippen LogP) is 7.83. The molecule has 0 radical (unpaired) electrons. The largest absolute Gasteiger partial charge is 0.394 e. The first-order valence-corrected chi connectivity index (χ1v) is 20.6. The van der Waals surface area contributed by atoms with Crippen LogP contribution in [0, 0.1) is 0 Å². The summed E-state index contributed by atoms with van der Waals surface area (Å²) in [5.41, 5.74) is 0. The Kier molecular flexibility index (Phi) is 31.3. The zero-order valence-corrected chi connectivity index (χ0v) is 33.0. The van der Waals surface area contributed by atoms with Gasteiger partial charge in [0.05, 0.1) is 25.4 Å². The third kappa shape index (κ3) is 25.4. The lowest BCUT2D eigenvalue weighted by atomic mass is 9.99. The first-order chi connectivity index (χ1) is 25.8. The van der Waals surface area contributed by atoms with Gasteiger partial charge in [-0.25, -0.2) is 0 Å². The fraction of sp³-hybridized carbons (Fsp3) is 0.705. The second-order valence-corrected chi connectivity index (χ2v) is 14.1. The number of rotatable bonds is 32. The van der Waals surface area contributed by atoms with E-state index >= 15 is 0 Å². The zero-order valence-electron chi connectivity index (χ0n) is 33.0. The summed E-state index contributed by atoms with van der Waals surface area (Å²) in [5, 5.41) is 54.1. The van der Waals surface area contributed by atoms with Crippen molar-refractivity contribution in [3.63, 3.8) is 0 Å². The molecule has 1 aliphatic heterocycles. The molecule has 1 saturated heterocycles. The van der Waals surface area contributed by atoms with E-state index in [2.05, 4.69) is 79.9 Å². The summed E-state index contributed by atoms with van der Waals surface area (Å²) in [6.45, 7) is 3.63. The van der Waals surface area contributed by atoms with Gasteiger partial charge in [0.15, 0.2) is 6.29 Å². The molecule has 53 heavy (non-hydrogen) atoms. The summed E-state index contributed by atoms with van der Waals surface area (Å²) in [6.07, 6.45) is 37.8. The second-order valence-electron chi connectivity index (χ2n) is 14.1. The van der Waals surface area contributed by atoms with E-state index in [1.54, 1.807) is 0 Å². The van der Waals surface area contributed by atoms with Crippen LogP contribution in [0.15, 0.2) is 72.9 Å². The standard InChI is InChI=1S/C44H75NO8/c1-3-5-7-9-11-13-15-16-17-18-19-20-21-22-24-26-28-30-32-34-40(48)45-37(36-52-44-43(51)42(50)41(49)39(35-46)53-44)38(47)33-31-29-27-25-23-14-12-10-8-6-4-2/h5,7,11,13,16-17,19-20,22,24,28,30,37-39,41-44,46-47,49-51H,3-4,6,8-10,12,14-15,18,21,23,25-27,29,31-36H2,1-2H3,(H,45,48)/b7-5-,13-11-,17-16-,20-19-,24-22-,30-28-. The van der Waals surface area contributed by atoms with Gasteiger partial charge in [-0.15, -0.1) is 0 Å². The van der Waals surface area contributed by atoms with Crippen LogP contribution in [0.5, 0.6) is 0 Å². The molecule has 7 unspecified atom stereocenters. The minimum atomic E-state index is -1.57. The first kappa shape index (κ1) is 48.6. The van der Waals surface area contributed by atoms with Crippen LogP contribution in [0.2, 0.25) is 0 Å². The fourth-order valence-electron chi connectivity index (χ4n) is 6.00. The van der Waals surface area contributed by atoms with Gasteiger partial charge in [0.2, 0.25) is 5.91 Å². The van der Waals surface area contributed by atoms with E-state index in [4.69, 9.17) is 9.47 Å². The van der Waals surface area contributed by atoms with Crippen molar-refractivity contribution in [3.8, 4) is 0 Å². The molecule has 9 heteroatoms. The highest BCUT2D eigenvalue weighted by atomic mass is 16.7. The summed E-state index contributed by atoms with van der Waals surface area (Å²) < 4.78 is 11.2. The van der Waals surface area contributed by atoms with E-state index in [0.29, 0.717) is 12.8 Å². The minimum absolute atomic E-state index is 0.173. The molecule has 1 heterocycles. The maximum absolute atomic E-state index is 12.9. The van der Waals surface area contributed by atoms with Crippen LogP contribution in [0.1, 0.15) is 142 Å². The van der Waals surface area contributed by atoms with Crippen molar-refractivity contribution in [2.45, 2.75) is 185 Å². The molecule has 1 fully saturated rings. The zero-order chi connectivity index (χ0) is 38.8. The molecule has 0 bridgehead atoms. The summed E-state index contributed by atoms with van der Waals surface area (Å²) >= 11 is 0. The molecule has 1 aliphatic rings. The number of aliphatic hydroxyl groups excluding tert-OH is 5. The monoisotopic (exact) mass is 746 g/mol. The SMILES string of the molecule is CC/C=C\C/C=C\C/C=C\C/C=C\C/C=C\C/C=C\CCC(=O)NC(COC1OC(CO)C(O)C(O)C1O)C(O)CCCCCCCCCCCCC. The van der Waals surface area contributed by atoms with Crippen molar-refractivity contribution < 1.29 is 39.8 Å². The molecule has 9 nitrogen and oxygen atoms in total. The number of nitrogens with one attached hydrogen (secondary N) is 1. The number of ether oxygens (including phenoxy) is 2. The summed E-state index contributed by atoms with van der Waals surface area (Å²) in [5.74, 6) is -0.232. The van der Waals surface area contributed by atoms with Gasteiger partial charge in [0.1, 0.15) is 24.4 Å². The molecule has 0 aromatic heterocycles. The molecule has 0 aliphatic carbocycles. The van der Waals surface area contributed by atoms with Gasteiger partial charge in [-0.05, 0) is 51.4 Å². The van der Waals surface area contributed by atoms with Crippen LogP contribution in [0.4, 0.5) is 0 Å². The molecular formula is C44H75NO8. The smallest absolute Gasteiger partial charge is 0.220 e. The highest BCUT2D eigenvalue weighted by Gasteiger charge is 2.44. The average molecular weight is 746 g/mol. The van der Waals surface area contributed by atoms with Gasteiger partial charge in [-0.1, -0.05) is 157 Å². The minimum Gasteiger partial charge on any atom is -0.394 e. The Labute approximate surface area is 321 Å². The van der Waals surface area contributed by atoms with E-state index in [9.17, 15) is 30.3 Å². The topological polar surface area (TPSA) is 149 Å². The Balaban J connectivity index is 2.45. The number of amides is 1. The van der Waals surface area contributed by atoms with Crippen LogP contribution in [-0.2, 0) is 14.3 Å². The van der Waals surface area contributed by atoms with Crippen LogP contribution in [-0.4, -0.2) is 87.5 Å². The first-order valence-electron chi connectivity index (χ1n) is 20.6. The van der Waals surface area contributed by atoms with Crippen molar-refractivity contribution in [1.29, 1.82) is 0 Å². The number of unbranched alkanes of at least 4 members (excludes halogenated alkanes) is 10. The lowest BCUT2D eigenvalue weighted by Crippen LogP contribution is -2.60. The third-order valence-corrected chi connectivity index (χ3v) is 9.34. The van der Waals surface area contributed by atoms with E-state index in [-0.39, 0.29) is 18.9 Å². The van der Waals surface area contributed by atoms with Gasteiger partial charge < -0.3 is 40.3 Å². The molecule has 6 N–H and O–H groups in total. The van der Waals surface area contributed by atoms with E-state index in [1.165, 1.54) is 51.4 Å². The Morgan fingerprint density at radius 3 is 1.62 bits per heavy atom. The highest BCUT2D eigenvalue weighted by molar-refractivity contribution is 5.76. The van der Waals surface area contributed by atoms with Gasteiger partial charge in [-0.3, -0.25) is 4.79 Å². The Morgan fingerprint density at radius 1 is 0.660 bits per heavy atom. The lowest BCUT2D eigenvalue weighted by molar-refractivity contribution is -0.302. The van der Waals surface area contributed by atoms with Crippen molar-refractivity contribution in [2.24, 2.45) is 0 Å². The van der Waals surface area contributed by atoms with Gasteiger partial charge in [-0.2, -0.15) is 0 Å². The third-order valence-electron chi connectivity index (χ3n) is 9.34. The van der Waals surface area contributed by atoms with Crippen molar-refractivity contribution in [2.75, 3.05) is 13.2 Å². The number of hydrogen-bond donors (Lipinski definition) is 6. The molecular weight excluding hydrogens is 670 g/mol. The lowest BCUT2D eigenvalue weighted by Gasteiger charge is -2.40. The maximum Gasteiger partial charge on any atom is 0.220 e. The Bertz CT molecular complexity index is 1050. The van der Waals surface area contributed by atoms with Crippen molar-refractivity contribution in [3.05, 3.63) is 72.9 Å². The van der Waals surface area contributed by atoms with Crippen LogP contribution in [0.25, 0.3) is 0 Å². The quantitative estimate of drug-likeness (QED) is 0.0302. The van der Waals surface area contributed by atoms with Crippen LogP contribution < -0.4 is 5.32 Å². The number of hydrogen-bond acceptors (Lipinski definition) is 8. The van der Waals surface area contributed by atoms with E-state index in [1.807, 2.05) is 12.2 Å². The average Bonchev–Trinajstić information content (AvgIpc) is 3.16. The predicted molar refractivity (Wildman–Crippen MR) is 216 cm³/mol. The Morgan fingerprint density at radius 2 is 1.13 bits per heavy atom. The molecule has 0 aromatic carbocycles. The summed E-state index contributed by atoms with van der Waals surface area (Å²) in [7, 11) is 0. The molecule has 0 spiro atoms. The second kappa shape index (κ2) is 34.1. The Hall–Kier alpha value is -2.37. The molecule has 1 amide bonds. The van der Waals surface area contributed by atoms with Crippen molar-refractivity contribution >= 4 is 5.91 Å². The van der Waals surface area contributed by atoms with E-state index in [0.717, 1.165) is 57.8 Å². The number of aliphatic hydroxyl groups is 5. The highest BCUT2D eigenvalue weighted by Crippen LogP contribution is 2.23. The van der Waals surface area contributed by atoms with Crippen LogP contribution in [0.3, 0.4) is 0 Å². The van der Waals surface area contributed by atoms with E-state index < -0.39 is 49.5 Å². The molecule has 7 atom stereocenters. The van der Waals surface area contributed by atoms with Gasteiger partial charge in [0, 0.05) is 6.42 Å². The molecule has 1 rings (SSSR count). The number of carbonyl (C=O) groups excluding carboxylic acids is 1. The fourth-order valence-corrected chi connectivity index (χ4v) is 6.00. The molecule has 0 aromatic rings. The summed E-state index contributed by atoms with van der Waals surface area (Å²) in [4.78, 5) is 12.9. The molecule has 0 saturated carbocycles. The van der Waals surface area contributed by atoms with Crippen molar-refractivity contribution in [1.82, 2.24) is 5.32 Å². The normalized spacial score (nSPS) is 22.4. The van der Waals surface area contributed by atoms with Gasteiger partial charge in [0.25, 0.3) is 0 Å².